The molecule has 0 bridgehead atoms. The highest BCUT2D eigenvalue weighted by Crippen LogP contribution is 2.28. The standard InChI is InChI=1S/C17H19N/c1-14-11-18(12-15-7-3-2-4-8-15)13-16-9-5-6-10-17(14)16/h2-10,14H,11-13H2,1H3. The zero-order valence-electron chi connectivity index (χ0n) is 10.8. The summed E-state index contributed by atoms with van der Waals surface area (Å²) in [5, 5.41) is 0. The molecular formula is C17H19N. The van der Waals surface area contributed by atoms with Crippen molar-refractivity contribution >= 4 is 0 Å². The Bertz CT molecular complexity index is 518. The molecule has 1 aliphatic heterocycles. The highest BCUT2D eigenvalue weighted by Gasteiger charge is 2.21. The molecule has 0 N–H and O–H groups in total. The van der Waals surface area contributed by atoms with Crippen LogP contribution in [-0.4, -0.2) is 11.4 Å². The molecule has 2 aromatic carbocycles. The van der Waals surface area contributed by atoms with Gasteiger partial charge in [-0.2, -0.15) is 0 Å². The van der Waals surface area contributed by atoms with E-state index in [1.807, 2.05) is 0 Å². The molecule has 0 aromatic heterocycles. The van der Waals surface area contributed by atoms with Gasteiger partial charge in [0.2, 0.25) is 0 Å². The number of rotatable bonds is 2. The lowest BCUT2D eigenvalue weighted by molar-refractivity contribution is 0.226. The van der Waals surface area contributed by atoms with Crippen LogP contribution in [0, 0.1) is 0 Å². The fourth-order valence-corrected chi connectivity index (χ4v) is 2.91. The lowest BCUT2D eigenvalue weighted by Crippen LogP contribution is -2.32. The van der Waals surface area contributed by atoms with Crippen LogP contribution in [0.15, 0.2) is 54.6 Å². The van der Waals surface area contributed by atoms with Gasteiger partial charge in [0.25, 0.3) is 0 Å². The first-order chi connectivity index (χ1) is 8.83. The summed E-state index contributed by atoms with van der Waals surface area (Å²) in [6.45, 7) is 5.62. The minimum absolute atomic E-state index is 0.638. The van der Waals surface area contributed by atoms with Gasteiger partial charge in [-0.05, 0) is 22.6 Å². The summed E-state index contributed by atoms with van der Waals surface area (Å²) in [5.74, 6) is 0.638. The SMILES string of the molecule is CC1CN(Cc2ccccc2)Cc2ccccc21. The van der Waals surface area contributed by atoms with Crippen LogP contribution in [-0.2, 0) is 13.1 Å². The van der Waals surface area contributed by atoms with Gasteiger partial charge in [-0.15, -0.1) is 0 Å². The van der Waals surface area contributed by atoms with Gasteiger partial charge in [0, 0.05) is 19.6 Å². The molecule has 1 unspecified atom stereocenters. The van der Waals surface area contributed by atoms with E-state index in [4.69, 9.17) is 0 Å². The summed E-state index contributed by atoms with van der Waals surface area (Å²) in [6.07, 6.45) is 0. The average molecular weight is 237 g/mol. The maximum absolute atomic E-state index is 2.54. The molecular weight excluding hydrogens is 218 g/mol. The van der Waals surface area contributed by atoms with E-state index < -0.39 is 0 Å². The van der Waals surface area contributed by atoms with Crippen LogP contribution in [0.5, 0.6) is 0 Å². The van der Waals surface area contributed by atoms with Crippen LogP contribution < -0.4 is 0 Å². The fourth-order valence-electron chi connectivity index (χ4n) is 2.91. The summed E-state index contributed by atoms with van der Waals surface area (Å²) >= 11 is 0. The predicted molar refractivity (Wildman–Crippen MR) is 75.4 cm³/mol. The van der Waals surface area contributed by atoms with Gasteiger partial charge in [0.15, 0.2) is 0 Å². The smallest absolute Gasteiger partial charge is 0.0240 e. The Labute approximate surface area is 109 Å². The van der Waals surface area contributed by atoms with E-state index in [0.717, 1.165) is 19.6 Å². The number of hydrogen-bond donors (Lipinski definition) is 0. The number of nitrogens with zero attached hydrogens (tertiary/aromatic N) is 1. The van der Waals surface area contributed by atoms with Crippen molar-refractivity contribution in [3.63, 3.8) is 0 Å². The normalized spacial score (nSPS) is 19.5. The van der Waals surface area contributed by atoms with Crippen molar-refractivity contribution < 1.29 is 0 Å². The van der Waals surface area contributed by atoms with Gasteiger partial charge in [0.05, 0.1) is 0 Å². The van der Waals surface area contributed by atoms with E-state index in [0.29, 0.717) is 5.92 Å². The lowest BCUT2D eigenvalue weighted by Gasteiger charge is -2.33. The van der Waals surface area contributed by atoms with Crippen LogP contribution in [0.2, 0.25) is 0 Å². The topological polar surface area (TPSA) is 3.24 Å². The fraction of sp³-hybridized carbons (Fsp3) is 0.294. The number of benzene rings is 2. The molecule has 1 heterocycles. The summed E-state index contributed by atoms with van der Waals surface area (Å²) in [6, 6.07) is 19.6. The van der Waals surface area contributed by atoms with Crippen LogP contribution in [0.25, 0.3) is 0 Å². The van der Waals surface area contributed by atoms with E-state index in [9.17, 15) is 0 Å². The minimum Gasteiger partial charge on any atom is -0.294 e. The summed E-state index contributed by atoms with van der Waals surface area (Å²) in [4.78, 5) is 2.54. The Morgan fingerprint density at radius 2 is 1.72 bits per heavy atom. The minimum atomic E-state index is 0.638. The van der Waals surface area contributed by atoms with Gasteiger partial charge < -0.3 is 0 Å². The summed E-state index contributed by atoms with van der Waals surface area (Å²) in [7, 11) is 0. The van der Waals surface area contributed by atoms with Crippen molar-refractivity contribution in [3.05, 3.63) is 71.3 Å². The highest BCUT2D eigenvalue weighted by atomic mass is 15.1. The van der Waals surface area contributed by atoms with Crippen molar-refractivity contribution in [2.45, 2.75) is 25.9 Å². The van der Waals surface area contributed by atoms with Crippen LogP contribution in [0.3, 0.4) is 0 Å². The quantitative estimate of drug-likeness (QED) is 0.767. The second kappa shape index (κ2) is 4.95. The van der Waals surface area contributed by atoms with Crippen molar-refractivity contribution in [3.8, 4) is 0 Å². The van der Waals surface area contributed by atoms with Gasteiger partial charge in [0.1, 0.15) is 0 Å². The van der Waals surface area contributed by atoms with Crippen LogP contribution in [0.1, 0.15) is 29.5 Å². The van der Waals surface area contributed by atoms with E-state index >= 15 is 0 Å². The largest absolute Gasteiger partial charge is 0.294 e. The second-order valence-corrected chi connectivity index (χ2v) is 5.26. The first-order valence-corrected chi connectivity index (χ1v) is 6.67. The van der Waals surface area contributed by atoms with Crippen LogP contribution in [0.4, 0.5) is 0 Å². The van der Waals surface area contributed by atoms with E-state index in [1.165, 1.54) is 16.7 Å². The zero-order chi connectivity index (χ0) is 12.4. The zero-order valence-corrected chi connectivity index (χ0v) is 10.8. The third-order valence-electron chi connectivity index (χ3n) is 3.76. The molecule has 1 heteroatoms. The Hall–Kier alpha value is -1.60. The Morgan fingerprint density at radius 1 is 1.00 bits per heavy atom. The first-order valence-electron chi connectivity index (χ1n) is 6.67. The highest BCUT2D eigenvalue weighted by molar-refractivity contribution is 5.32. The van der Waals surface area contributed by atoms with E-state index in [-0.39, 0.29) is 0 Å². The van der Waals surface area contributed by atoms with Crippen LogP contribution >= 0.6 is 0 Å². The molecule has 3 rings (SSSR count). The Kier molecular flexibility index (Phi) is 3.16. The number of hydrogen-bond acceptors (Lipinski definition) is 1. The molecule has 0 radical (unpaired) electrons. The molecule has 0 spiro atoms. The van der Waals surface area contributed by atoms with Crippen molar-refractivity contribution in [1.82, 2.24) is 4.90 Å². The summed E-state index contributed by atoms with van der Waals surface area (Å²) < 4.78 is 0. The molecule has 0 saturated carbocycles. The predicted octanol–water partition coefficient (Wildman–Crippen LogP) is 3.81. The molecule has 92 valence electrons. The Balaban J connectivity index is 1.78. The van der Waals surface area contributed by atoms with E-state index in [2.05, 4.69) is 66.4 Å². The monoisotopic (exact) mass is 237 g/mol. The number of fused-ring (bicyclic) bond motifs is 1. The van der Waals surface area contributed by atoms with Crippen molar-refractivity contribution in [1.29, 1.82) is 0 Å². The second-order valence-electron chi connectivity index (χ2n) is 5.26. The molecule has 0 saturated heterocycles. The molecule has 0 amide bonds. The maximum Gasteiger partial charge on any atom is 0.0240 e. The molecule has 1 nitrogen and oxygen atoms in total. The molecule has 2 aromatic rings. The third-order valence-corrected chi connectivity index (χ3v) is 3.76. The molecule has 0 aliphatic carbocycles. The Morgan fingerprint density at radius 3 is 2.56 bits per heavy atom. The maximum atomic E-state index is 2.54. The van der Waals surface area contributed by atoms with Crippen molar-refractivity contribution in [2.24, 2.45) is 0 Å². The first kappa shape index (κ1) is 11.5. The van der Waals surface area contributed by atoms with Gasteiger partial charge in [-0.3, -0.25) is 4.90 Å². The third kappa shape index (κ3) is 2.32. The van der Waals surface area contributed by atoms with Gasteiger partial charge in [-0.1, -0.05) is 61.5 Å². The molecule has 18 heavy (non-hydrogen) atoms. The lowest BCUT2D eigenvalue weighted by atomic mass is 9.91. The van der Waals surface area contributed by atoms with Gasteiger partial charge in [-0.25, -0.2) is 0 Å². The molecule has 1 aliphatic rings. The van der Waals surface area contributed by atoms with Gasteiger partial charge >= 0.3 is 0 Å². The summed E-state index contributed by atoms with van der Waals surface area (Å²) in [5.41, 5.74) is 4.43. The van der Waals surface area contributed by atoms with E-state index in [1.54, 1.807) is 0 Å². The van der Waals surface area contributed by atoms with Crippen molar-refractivity contribution in [2.75, 3.05) is 6.54 Å². The molecule has 0 fully saturated rings. The molecule has 1 atom stereocenters. The average Bonchev–Trinajstić information content (AvgIpc) is 2.40.